The van der Waals surface area contributed by atoms with Crippen molar-refractivity contribution in [2.45, 2.75) is 0 Å². The highest BCUT2D eigenvalue weighted by Gasteiger charge is 2.12. The van der Waals surface area contributed by atoms with Crippen LogP contribution < -0.4 is 4.74 Å². The lowest BCUT2D eigenvalue weighted by molar-refractivity contribution is -0.384. The van der Waals surface area contributed by atoms with Crippen molar-refractivity contribution in [3.8, 4) is 5.75 Å². The van der Waals surface area contributed by atoms with Crippen molar-refractivity contribution in [2.75, 3.05) is 0 Å². The molecule has 0 aromatic heterocycles. The van der Waals surface area contributed by atoms with E-state index < -0.39 is 10.9 Å². The van der Waals surface area contributed by atoms with Gasteiger partial charge in [-0.3, -0.25) is 10.1 Å². The molecule has 0 unspecified atom stereocenters. The van der Waals surface area contributed by atoms with Crippen LogP contribution in [-0.2, 0) is 0 Å². The minimum absolute atomic E-state index is 0.104. The number of hydrogen-bond donors (Lipinski definition) is 0. The predicted molar refractivity (Wildman–Crippen MR) is 74.5 cm³/mol. The van der Waals surface area contributed by atoms with Gasteiger partial charge in [-0.2, -0.15) is 0 Å². The van der Waals surface area contributed by atoms with Gasteiger partial charge in [-0.05, 0) is 30.3 Å². The SMILES string of the molecule is O=C(Oc1cc(Cl)cc(Cl)c1)c1ccc([N+](=O)[O-])cc1. The van der Waals surface area contributed by atoms with E-state index in [9.17, 15) is 14.9 Å². The average Bonchev–Trinajstić information content (AvgIpc) is 2.37. The van der Waals surface area contributed by atoms with Gasteiger partial charge in [-0.1, -0.05) is 23.2 Å². The number of carbonyl (C=O) groups excluding carboxylic acids is 1. The van der Waals surface area contributed by atoms with Crippen molar-refractivity contribution in [3.05, 3.63) is 68.2 Å². The van der Waals surface area contributed by atoms with Gasteiger partial charge in [0, 0.05) is 22.2 Å². The molecule has 0 amide bonds. The maximum Gasteiger partial charge on any atom is 0.343 e. The average molecular weight is 312 g/mol. The fourth-order valence-electron chi connectivity index (χ4n) is 1.47. The van der Waals surface area contributed by atoms with Crippen LogP contribution in [0.4, 0.5) is 5.69 Å². The van der Waals surface area contributed by atoms with Gasteiger partial charge >= 0.3 is 5.97 Å². The lowest BCUT2D eigenvalue weighted by Crippen LogP contribution is -2.08. The van der Waals surface area contributed by atoms with Gasteiger partial charge in [0.05, 0.1) is 10.5 Å². The Morgan fingerprint density at radius 3 is 2.10 bits per heavy atom. The summed E-state index contributed by atoms with van der Waals surface area (Å²) in [6.07, 6.45) is 0. The quantitative estimate of drug-likeness (QED) is 0.370. The molecule has 20 heavy (non-hydrogen) atoms. The molecule has 2 rings (SSSR count). The molecule has 102 valence electrons. The Bertz CT molecular complexity index is 650. The van der Waals surface area contributed by atoms with Crippen LogP contribution in [0.5, 0.6) is 5.75 Å². The largest absolute Gasteiger partial charge is 0.423 e. The fourth-order valence-corrected chi connectivity index (χ4v) is 1.98. The van der Waals surface area contributed by atoms with Crippen LogP contribution in [0.3, 0.4) is 0 Å². The minimum Gasteiger partial charge on any atom is -0.423 e. The molecule has 0 aliphatic rings. The number of nitro groups is 1. The number of carbonyl (C=O) groups is 1. The monoisotopic (exact) mass is 311 g/mol. The molecule has 0 saturated carbocycles. The smallest absolute Gasteiger partial charge is 0.343 e. The van der Waals surface area contributed by atoms with E-state index in [4.69, 9.17) is 27.9 Å². The van der Waals surface area contributed by atoms with E-state index in [0.717, 1.165) is 0 Å². The van der Waals surface area contributed by atoms with Crippen molar-refractivity contribution in [1.29, 1.82) is 0 Å². The van der Waals surface area contributed by atoms with Crippen molar-refractivity contribution >= 4 is 34.9 Å². The van der Waals surface area contributed by atoms with Crippen LogP contribution in [0.25, 0.3) is 0 Å². The number of esters is 1. The summed E-state index contributed by atoms with van der Waals surface area (Å²) in [6.45, 7) is 0. The fraction of sp³-hybridized carbons (Fsp3) is 0. The molecule has 0 saturated heterocycles. The molecule has 0 fully saturated rings. The molecule has 0 atom stereocenters. The second-order valence-electron chi connectivity index (χ2n) is 3.80. The number of hydrogen-bond acceptors (Lipinski definition) is 4. The minimum atomic E-state index is -0.654. The molecular weight excluding hydrogens is 305 g/mol. The molecule has 0 aliphatic heterocycles. The van der Waals surface area contributed by atoms with Crippen LogP contribution in [0, 0.1) is 10.1 Å². The number of benzene rings is 2. The number of nitro benzene ring substituents is 1. The van der Waals surface area contributed by atoms with Crippen LogP contribution in [0.15, 0.2) is 42.5 Å². The zero-order valence-corrected chi connectivity index (χ0v) is 11.4. The first-order valence-corrected chi connectivity index (χ1v) is 6.14. The van der Waals surface area contributed by atoms with Gasteiger partial charge in [0.2, 0.25) is 0 Å². The summed E-state index contributed by atoms with van der Waals surface area (Å²) in [7, 11) is 0. The predicted octanol–water partition coefficient (Wildman–Crippen LogP) is 4.12. The van der Waals surface area contributed by atoms with Crippen LogP contribution in [0.1, 0.15) is 10.4 Å². The van der Waals surface area contributed by atoms with Crippen LogP contribution in [0.2, 0.25) is 10.0 Å². The Kier molecular flexibility index (Phi) is 4.22. The topological polar surface area (TPSA) is 69.4 Å². The van der Waals surface area contributed by atoms with Crippen molar-refractivity contribution in [3.63, 3.8) is 0 Å². The Morgan fingerprint density at radius 2 is 1.60 bits per heavy atom. The molecule has 2 aromatic rings. The maximum absolute atomic E-state index is 11.8. The Balaban J connectivity index is 2.17. The molecule has 7 heteroatoms. The first kappa shape index (κ1) is 14.3. The third-order valence-electron chi connectivity index (χ3n) is 2.36. The number of halogens is 2. The van der Waals surface area contributed by atoms with E-state index in [0.29, 0.717) is 10.0 Å². The summed E-state index contributed by atoms with van der Waals surface area (Å²) in [4.78, 5) is 21.8. The van der Waals surface area contributed by atoms with Crippen molar-refractivity contribution < 1.29 is 14.5 Å². The highest BCUT2D eigenvalue weighted by molar-refractivity contribution is 6.34. The first-order valence-electron chi connectivity index (χ1n) is 5.38. The zero-order chi connectivity index (χ0) is 14.7. The highest BCUT2D eigenvalue weighted by atomic mass is 35.5. The second-order valence-corrected chi connectivity index (χ2v) is 4.67. The van der Waals surface area contributed by atoms with Crippen LogP contribution >= 0.6 is 23.2 Å². The number of rotatable bonds is 3. The number of ether oxygens (including phenoxy) is 1. The van der Waals surface area contributed by atoms with Gasteiger partial charge in [0.15, 0.2) is 0 Å². The van der Waals surface area contributed by atoms with Gasteiger partial charge < -0.3 is 4.74 Å². The molecule has 0 spiro atoms. The summed E-state index contributed by atoms with van der Waals surface area (Å²) >= 11 is 11.6. The standard InChI is InChI=1S/C13H7Cl2NO4/c14-9-5-10(15)7-12(6-9)20-13(17)8-1-3-11(4-2-8)16(18)19/h1-7H. The Morgan fingerprint density at radius 1 is 1.05 bits per heavy atom. The van der Waals surface area contributed by atoms with E-state index in [1.54, 1.807) is 0 Å². The summed E-state index contributed by atoms with van der Waals surface area (Å²) in [5.41, 5.74) is 0.0825. The molecule has 0 heterocycles. The van der Waals surface area contributed by atoms with Gasteiger partial charge in [-0.15, -0.1) is 0 Å². The summed E-state index contributed by atoms with van der Waals surface area (Å²) in [6, 6.07) is 9.46. The summed E-state index contributed by atoms with van der Waals surface area (Å²) in [5, 5.41) is 11.2. The van der Waals surface area contributed by atoms with Crippen LogP contribution in [-0.4, -0.2) is 10.9 Å². The second kappa shape index (κ2) is 5.90. The first-order chi connectivity index (χ1) is 9.45. The summed E-state index contributed by atoms with van der Waals surface area (Å²) < 4.78 is 5.08. The van der Waals surface area contributed by atoms with E-state index in [1.807, 2.05) is 0 Å². The van der Waals surface area contributed by atoms with Gasteiger partial charge in [-0.25, -0.2) is 4.79 Å². The molecule has 2 aromatic carbocycles. The van der Waals surface area contributed by atoms with E-state index >= 15 is 0 Å². The Hall–Kier alpha value is -2.11. The third kappa shape index (κ3) is 3.46. The lowest BCUT2D eigenvalue weighted by atomic mass is 10.2. The third-order valence-corrected chi connectivity index (χ3v) is 2.80. The molecule has 0 N–H and O–H groups in total. The number of nitrogens with zero attached hydrogens (tertiary/aromatic N) is 1. The van der Waals surface area contributed by atoms with Crippen molar-refractivity contribution in [2.24, 2.45) is 0 Å². The number of non-ortho nitro benzene ring substituents is 1. The Labute approximate surface area is 123 Å². The van der Waals surface area contributed by atoms with E-state index in [1.165, 1.54) is 42.5 Å². The molecule has 0 radical (unpaired) electrons. The lowest BCUT2D eigenvalue weighted by Gasteiger charge is -2.05. The van der Waals surface area contributed by atoms with Gasteiger partial charge in [0.25, 0.3) is 5.69 Å². The van der Waals surface area contributed by atoms with E-state index in [2.05, 4.69) is 0 Å². The van der Waals surface area contributed by atoms with Crippen molar-refractivity contribution in [1.82, 2.24) is 0 Å². The molecule has 5 nitrogen and oxygen atoms in total. The zero-order valence-electron chi connectivity index (χ0n) is 9.88. The highest BCUT2D eigenvalue weighted by Crippen LogP contribution is 2.25. The normalized spacial score (nSPS) is 10.1. The maximum atomic E-state index is 11.8. The summed E-state index contributed by atoms with van der Waals surface area (Å²) in [5.74, 6) is -0.455. The molecular formula is C13H7Cl2NO4. The molecule has 0 bridgehead atoms. The van der Waals surface area contributed by atoms with E-state index in [-0.39, 0.29) is 17.0 Å². The molecule has 0 aliphatic carbocycles. The van der Waals surface area contributed by atoms with Gasteiger partial charge in [0.1, 0.15) is 5.75 Å².